The number of nitrogens with zero attached hydrogens (tertiary/aromatic N) is 1. The van der Waals surface area contributed by atoms with Crippen LogP contribution in [0, 0.1) is 0 Å². The van der Waals surface area contributed by atoms with Gasteiger partial charge in [0.15, 0.2) is 0 Å². The number of esters is 1. The summed E-state index contributed by atoms with van der Waals surface area (Å²) >= 11 is 0. The smallest absolute Gasteiger partial charge is 0.411 e. The fraction of sp³-hybridized carbons (Fsp3) is 0.833. The number of carbonyl (C=O) groups excluding carboxylic acids is 3. The average Bonchev–Trinajstić information content (AvgIpc) is 2.43. The molecule has 26 heavy (non-hydrogen) atoms. The van der Waals surface area contributed by atoms with Gasteiger partial charge in [-0.25, -0.2) is 14.4 Å². The molecule has 1 aliphatic rings. The summed E-state index contributed by atoms with van der Waals surface area (Å²) in [5.74, 6) is -0.464. The normalized spacial score (nSPS) is 21.0. The predicted octanol–water partition coefficient (Wildman–Crippen LogP) is 2.84. The molecule has 150 valence electrons. The number of likely N-dealkylation sites (tertiary alicyclic amines) is 1. The summed E-state index contributed by atoms with van der Waals surface area (Å²) in [5, 5.41) is 2.75. The van der Waals surface area contributed by atoms with Gasteiger partial charge in [-0.05, 0) is 61.3 Å². The van der Waals surface area contributed by atoms with Crippen molar-refractivity contribution in [3.05, 3.63) is 0 Å². The monoisotopic (exact) mass is 372 g/mol. The molecular weight excluding hydrogens is 340 g/mol. The van der Waals surface area contributed by atoms with E-state index in [0.29, 0.717) is 12.8 Å². The minimum atomic E-state index is -0.721. The zero-order chi connectivity index (χ0) is 20.1. The summed E-state index contributed by atoms with van der Waals surface area (Å²) in [6, 6.07) is -1.05. The Morgan fingerprint density at radius 1 is 1.00 bits per heavy atom. The highest BCUT2D eigenvalue weighted by Gasteiger charge is 2.39. The first kappa shape index (κ1) is 22.1. The van der Waals surface area contributed by atoms with Gasteiger partial charge in [0.05, 0.1) is 12.6 Å². The lowest BCUT2D eigenvalue weighted by Crippen LogP contribution is -2.57. The Hall–Kier alpha value is -1.99. The molecule has 8 nitrogen and oxygen atoms in total. The zero-order valence-corrected chi connectivity index (χ0v) is 16.9. The maximum Gasteiger partial charge on any atom is 0.411 e. The lowest BCUT2D eigenvalue weighted by molar-refractivity contribution is -0.150. The molecule has 8 heteroatoms. The van der Waals surface area contributed by atoms with Crippen molar-refractivity contribution in [2.24, 2.45) is 0 Å². The highest BCUT2D eigenvalue weighted by atomic mass is 16.6. The number of amides is 2. The molecule has 0 bridgehead atoms. The Morgan fingerprint density at radius 3 is 2.08 bits per heavy atom. The van der Waals surface area contributed by atoms with Gasteiger partial charge in [-0.2, -0.15) is 0 Å². The van der Waals surface area contributed by atoms with Crippen LogP contribution in [0.1, 0.15) is 61.3 Å². The topological polar surface area (TPSA) is 94.2 Å². The Bertz CT molecular complexity index is 521. The standard InChI is InChI=1S/C18H32N2O6/c1-8-24-14(21)13-10-9-12(19-15(22)25-17(2,3)4)11-20(13)16(23)26-18(5,6)7/h12-13H,8-11H2,1-7H3,(H,19,22)/t12-,13-/m0/s1. The van der Waals surface area contributed by atoms with Crippen LogP contribution in [0.4, 0.5) is 9.59 Å². The first-order chi connectivity index (χ1) is 11.8. The SMILES string of the molecule is CCOC(=O)[C@@H]1CC[C@H](NC(=O)OC(C)(C)C)CN1C(=O)OC(C)(C)C. The summed E-state index contributed by atoms with van der Waals surface area (Å²) in [6.45, 7) is 12.7. The van der Waals surface area contributed by atoms with Crippen molar-refractivity contribution in [2.45, 2.75) is 84.6 Å². The van der Waals surface area contributed by atoms with Crippen molar-refractivity contribution >= 4 is 18.2 Å². The molecule has 1 rings (SSSR count). The Morgan fingerprint density at radius 2 is 1.58 bits per heavy atom. The van der Waals surface area contributed by atoms with Gasteiger partial charge >= 0.3 is 18.2 Å². The first-order valence-corrected chi connectivity index (χ1v) is 8.98. The summed E-state index contributed by atoms with van der Waals surface area (Å²) in [4.78, 5) is 38.1. The molecule has 0 aromatic carbocycles. The van der Waals surface area contributed by atoms with Gasteiger partial charge in [-0.3, -0.25) is 4.90 Å². The van der Waals surface area contributed by atoms with Crippen molar-refractivity contribution in [2.75, 3.05) is 13.2 Å². The van der Waals surface area contributed by atoms with Crippen LogP contribution in [-0.4, -0.2) is 59.5 Å². The Balaban J connectivity index is 2.84. The van der Waals surface area contributed by atoms with E-state index >= 15 is 0 Å². The summed E-state index contributed by atoms with van der Waals surface area (Å²) in [7, 11) is 0. The number of carbonyl (C=O) groups is 3. The van der Waals surface area contributed by atoms with E-state index in [-0.39, 0.29) is 19.2 Å². The molecule has 2 amide bonds. The van der Waals surface area contributed by atoms with E-state index < -0.39 is 35.4 Å². The quantitative estimate of drug-likeness (QED) is 0.605. The van der Waals surface area contributed by atoms with Crippen molar-refractivity contribution < 1.29 is 28.6 Å². The van der Waals surface area contributed by atoms with Crippen LogP contribution in [0.2, 0.25) is 0 Å². The largest absolute Gasteiger partial charge is 0.464 e. The highest BCUT2D eigenvalue weighted by molar-refractivity contribution is 5.82. The lowest BCUT2D eigenvalue weighted by atomic mass is 9.98. The average molecular weight is 372 g/mol. The first-order valence-electron chi connectivity index (χ1n) is 8.98. The van der Waals surface area contributed by atoms with E-state index in [9.17, 15) is 14.4 Å². The van der Waals surface area contributed by atoms with Crippen molar-refractivity contribution in [3.63, 3.8) is 0 Å². The lowest BCUT2D eigenvalue weighted by Gasteiger charge is -2.39. The molecular formula is C18H32N2O6. The van der Waals surface area contributed by atoms with Crippen LogP contribution in [0.15, 0.2) is 0 Å². The number of hydrogen-bond donors (Lipinski definition) is 1. The fourth-order valence-electron chi connectivity index (χ4n) is 2.57. The van der Waals surface area contributed by atoms with Gasteiger partial charge in [0, 0.05) is 6.54 Å². The van der Waals surface area contributed by atoms with E-state index in [2.05, 4.69) is 5.32 Å². The molecule has 1 saturated heterocycles. The molecule has 0 aromatic rings. The molecule has 2 atom stereocenters. The van der Waals surface area contributed by atoms with Gasteiger partial charge in [-0.15, -0.1) is 0 Å². The number of alkyl carbamates (subject to hydrolysis) is 1. The second-order valence-electron chi connectivity index (χ2n) is 8.32. The Kier molecular flexibility index (Phi) is 7.29. The second-order valence-corrected chi connectivity index (χ2v) is 8.32. The third-order valence-electron chi connectivity index (χ3n) is 3.49. The van der Waals surface area contributed by atoms with Crippen LogP contribution in [-0.2, 0) is 19.0 Å². The van der Waals surface area contributed by atoms with Gasteiger partial charge < -0.3 is 19.5 Å². The van der Waals surface area contributed by atoms with Crippen LogP contribution in [0.5, 0.6) is 0 Å². The molecule has 0 aliphatic carbocycles. The molecule has 1 fully saturated rings. The maximum absolute atomic E-state index is 12.5. The number of ether oxygens (including phenoxy) is 3. The molecule has 1 aliphatic heterocycles. The van der Waals surface area contributed by atoms with Gasteiger partial charge in [-0.1, -0.05) is 0 Å². The second kappa shape index (κ2) is 8.60. The van der Waals surface area contributed by atoms with Crippen LogP contribution < -0.4 is 5.32 Å². The number of piperidine rings is 1. The van der Waals surface area contributed by atoms with Crippen LogP contribution >= 0.6 is 0 Å². The molecule has 1 N–H and O–H groups in total. The third kappa shape index (κ3) is 7.49. The molecule has 0 radical (unpaired) electrons. The summed E-state index contributed by atoms with van der Waals surface area (Å²) in [6.07, 6.45) is -0.256. The zero-order valence-electron chi connectivity index (χ0n) is 16.9. The van der Waals surface area contributed by atoms with Gasteiger partial charge in [0.2, 0.25) is 0 Å². The molecule has 0 spiro atoms. The van der Waals surface area contributed by atoms with Gasteiger partial charge in [0.25, 0.3) is 0 Å². The number of hydrogen-bond acceptors (Lipinski definition) is 6. The van der Waals surface area contributed by atoms with Crippen LogP contribution in [0.25, 0.3) is 0 Å². The number of nitrogens with one attached hydrogen (secondary N) is 1. The van der Waals surface area contributed by atoms with E-state index in [1.54, 1.807) is 48.5 Å². The molecule has 1 heterocycles. The van der Waals surface area contributed by atoms with E-state index in [4.69, 9.17) is 14.2 Å². The maximum atomic E-state index is 12.5. The van der Waals surface area contributed by atoms with E-state index in [1.165, 1.54) is 4.90 Å². The van der Waals surface area contributed by atoms with Crippen molar-refractivity contribution in [1.29, 1.82) is 0 Å². The van der Waals surface area contributed by atoms with E-state index in [1.807, 2.05) is 0 Å². The summed E-state index contributed by atoms with van der Waals surface area (Å²) < 4.78 is 15.7. The van der Waals surface area contributed by atoms with Crippen LogP contribution in [0.3, 0.4) is 0 Å². The van der Waals surface area contributed by atoms with E-state index in [0.717, 1.165) is 0 Å². The highest BCUT2D eigenvalue weighted by Crippen LogP contribution is 2.22. The predicted molar refractivity (Wildman–Crippen MR) is 95.8 cm³/mol. The molecule has 0 saturated carbocycles. The molecule has 0 unspecified atom stereocenters. The van der Waals surface area contributed by atoms with Crippen molar-refractivity contribution in [1.82, 2.24) is 10.2 Å². The number of rotatable bonds is 3. The van der Waals surface area contributed by atoms with Gasteiger partial charge in [0.1, 0.15) is 17.2 Å². The molecule has 0 aromatic heterocycles. The van der Waals surface area contributed by atoms with Crippen molar-refractivity contribution in [3.8, 4) is 0 Å². The summed E-state index contributed by atoms with van der Waals surface area (Å²) in [5.41, 5.74) is -1.31. The Labute approximate surface area is 155 Å². The third-order valence-corrected chi connectivity index (χ3v) is 3.49. The fourth-order valence-corrected chi connectivity index (χ4v) is 2.57. The minimum Gasteiger partial charge on any atom is -0.464 e. The minimum absolute atomic E-state index is 0.150.